The van der Waals surface area contributed by atoms with E-state index in [4.69, 9.17) is 9.73 Å². The number of halogens is 1. The fraction of sp³-hybridized carbons (Fsp3) is 0.200. The zero-order chi connectivity index (χ0) is 22.1. The van der Waals surface area contributed by atoms with Gasteiger partial charge in [0.2, 0.25) is 0 Å². The highest BCUT2D eigenvalue weighted by Gasteiger charge is 2.27. The summed E-state index contributed by atoms with van der Waals surface area (Å²) in [5, 5.41) is 2.79. The number of rotatable bonds is 1. The first-order valence-corrected chi connectivity index (χ1v) is 10.6. The highest BCUT2D eigenvalue weighted by molar-refractivity contribution is 6.04. The van der Waals surface area contributed by atoms with Crippen molar-refractivity contribution in [2.75, 3.05) is 31.5 Å². The number of para-hydroxylation sites is 3. The maximum absolute atomic E-state index is 13.8. The fourth-order valence-electron chi connectivity index (χ4n) is 3.90. The molecule has 2 aliphatic heterocycles. The summed E-state index contributed by atoms with van der Waals surface area (Å²) in [5.74, 6) is 1.99. The lowest BCUT2D eigenvalue weighted by Crippen LogP contribution is -2.51. The first kappa shape index (κ1) is 20.1. The van der Waals surface area contributed by atoms with Gasteiger partial charge >= 0.3 is 6.03 Å². The lowest BCUT2D eigenvalue weighted by molar-refractivity contribution is 0.181. The summed E-state index contributed by atoms with van der Waals surface area (Å²) < 4.78 is 19.9. The van der Waals surface area contributed by atoms with Crippen LogP contribution in [0.5, 0.6) is 11.5 Å². The molecule has 3 aromatic rings. The second kappa shape index (κ2) is 8.34. The molecule has 1 N–H and O–H groups in total. The molecule has 0 atom stereocenters. The summed E-state index contributed by atoms with van der Waals surface area (Å²) in [7, 11) is 0. The molecular formula is C25H23FN4O2. The molecule has 0 spiro atoms. The van der Waals surface area contributed by atoms with Crippen LogP contribution in [0.3, 0.4) is 0 Å². The molecule has 0 bridgehead atoms. The molecule has 32 heavy (non-hydrogen) atoms. The monoisotopic (exact) mass is 430 g/mol. The molecule has 3 aromatic carbocycles. The van der Waals surface area contributed by atoms with Crippen LogP contribution in [0.2, 0.25) is 0 Å². The Morgan fingerprint density at radius 1 is 0.969 bits per heavy atom. The van der Waals surface area contributed by atoms with Crippen molar-refractivity contribution in [1.82, 2.24) is 9.80 Å². The van der Waals surface area contributed by atoms with Gasteiger partial charge in [0.25, 0.3) is 0 Å². The quantitative estimate of drug-likeness (QED) is 0.580. The number of benzene rings is 3. The first-order chi connectivity index (χ1) is 15.6. The Labute approximate surface area is 185 Å². The molecule has 2 amide bonds. The number of piperazine rings is 1. The zero-order valence-corrected chi connectivity index (χ0v) is 17.7. The molecule has 162 valence electrons. The number of fused-ring (bicyclic) bond motifs is 2. The highest BCUT2D eigenvalue weighted by Crippen LogP contribution is 2.37. The number of ether oxygens (including phenoxy) is 1. The van der Waals surface area contributed by atoms with Gasteiger partial charge in [0, 0.05) is 31.9 Å². The minimum Gasteiger partial charge on any atom is -0.454 e. The average Bonchev–Trinajstić information content (AvgIpc) is 2.98. The van der Waals surface area contributed by atoms with E-state index in [1.807, 2.05) is 48.5 Å². The van der Waals surface area contributed by atoms with E-state index in [0.29, 0.717) is 37.4 Å². The van der Waals surface area contributed by atoms with E-state index in [9.17, 15) is 9.18 Å². The number of nitrogens with one attached hydrogen (secondary N) is 1. The number of carbonyl (C=O) groups excluding carboxylic acids is 1. The van der Waals surface area contributed by atoms with E-state index in [1.165, 1.54) is 6.07 Å². The third-order valence-corrected chi connectivity index (χ3v) is 5.73. The van der Waals surface area contributed by atoms with Crippen LogP contribution in [-0.4, -0.2) is 47.8 Å². The van der Waals surface area contributed by atoms with Gasteiger partial charge in [-0.3, -0.25) is 0 Å². The molecule has 0 radical (unpaired) electrons. The fourth-order valence-corrected chi connectivity index (χ4v) is 3.90. The largest absolute Gasteiger partial charge is 0.454 e. The number of amides is 2. The average molecular weight is 430 g/mol. The molecule has 6 nitrogen and oxygen atoms in total. The van der Waals surface area contributed by atoms with Gasteiger partial charge in [0.1, 0.15) is 23.1 Å². The van der Waals surface area contributed by atoms with E-state index in [2.05, 4.69) is 10.2 Å². The molecule has 0 saturated carbocycles. The number of aryl methyl sites for hydroxylation is 1. The number of hydrogen-bond donors (Lipinski definition) is 1. The van der Waals surface area contributed by atoms with Gasteiger partial charge in [-0.15, -0.1) is 0 Å². The van der Waals surface area contributed by atoms with E-state index in [-0.39, 0.29) is 11.8 Å². The van der Waals surface area contributed by atoms with Crippen LogP contribution in [-0.2, 0) is 0 Å². The normalized spacial score (nSPS) is 15.1. The van der Waals surface area contributed by atoms with Crippen molar-refractivity contribution in [1.29, 1.82) is 0 Å². The number of carbonyl (C=O) groups is 1. The third kappa shape index (κ3) is 3.89. The number of anilines is 1. The van der Waals surface area contributed by atoms with Gasteiger partial charge in [-0.25, -0.2) is 14.2 Å². The molecule has 0 unspecified atom stereocenters. The van der Waals surface area contributed by atoms with Gasteiger partial charge in [0.15, 0.2) is 5.75 Å². The Bertz CT molecular complexity index is 1200. The molecule has 1 saturated heterocycles. The molecule has 7 heteroatoms. The van der Waals surface area contributed by atoms with Gasteiger partial charge in [-0.2, -0.15) is 0 Å². The summed E-state index contributed by atoms with van der Waals surface area (Å²) in [4.78, 5) is 21.5. The van der Waals surface area contributed by atoms with E-state index in [0.717, 1.165) is 28.6 Å². The summed E-state index contributed by atoms with van der Waals surface area (Å²) in [6.45, 7) is 4.02. The molecule has 5 rings (SSSR count). The Morgan fingerprint density at radius 3 is 2.47 bits per heavy atom. The Morgan fingerprint density at radius 2 is 1.69 bits per heavy atom. The molecule has 2 heterocycles. The van der Waals surface area contributed by atoms with Crippen molar-refractivity contribution in [3.05, 3.63) is 83.7 Å². The van der Waals surface area contributed by atoms with Crippen LogP contribution in [0.4, 0.5) is 20.6 Å². The van der Waals surface area contributed by atoms with Gasteiger partial charge < -0.3 is 19.9 Å². The van der Waals surface area contributed by atoms with Crippen LogP contribution in [0.1, 0.15) is 11.1 Å². The van der Waals surface area contributed by atoms with Crippen molar-refractivity contribution in [3.63, 3.8) is 0 Å². The number of amidine groups is 1. The van der Waals surface area contributed by atoms with E-state index in [1.54, 1.807) is 24.0 Å². The number of hydrogen-bond acceptors (Lipinski definition) is 4. The first-order valence-electron chi connectivity index (χ1n) is 10.6. The number of nitrogens with zero attached hydrogens (tertiary/aromatic N) is 3. The summed E-state index contributed by atoms with van der Waals surface area (Å²) >= 11 is 0. The smallest absolute Gasteiger partial charge is 0.321 e. The van der Waals surface area contributed by atoms with Crippen LogP contribution in [0.25, 0.3) is 0 Å². The van der Waals surface area contributed by atoms with Crippen LogP contribution in [0.15, 0.2) is 71.7 Å². The van der Waals surface area contributed by atoms with Gasteiger partial charge in [0.05, 0.1) is 5.56 Å². The van der Waals surface area contributed by atoms with Crippen LogP contribution < -0.4 is 10.1 Å². The second-order valence-corrected chi connectivity index (χ2v) is 7.87. The van der Waals surface area contributed by atoms with Crippen LogP contribution >= 0.6 is 0 Å². The number of aliphatic imine (C=N–C) groups is 1. The highest BCUT2D eigenvalue weighted by atomic mass is 19.1. The minimum atomic E-state index is -0.333. The topological polar surface area (TPSA) is 57.2 Å². The molecule has 0 aliphatic carbocycles. The Hall–Kier alpha value is -3.87. The summed E-state index contributed by atoms with van der Waals surface area (Å²) in [5.41, 5.74) is 2.71. The van der Waals surface area contributed by atoms with Crippen molar-refractivity contribution in [2.24, 2.45) is 4.99 Å². The molecular weight excluding hydrogens is 407 g/mol. The predicted octanol–water partition coefficient (Wildman–Crippen LogP) is 5.17. The van der Waals surface area contributed by atoms with Crippen molar-refractivity contribution >= 4 is 23.2 Å². The zero-order valence-electron chi connectivity index (χ0n) is 17.7. The van der Waals surface area contributed by atoms with Gasteiger partial charge in [-0.05, 0) is 48.9 Å². The standard InChI is InChI=1S/C25H23FN4O2/c1-17-10-11-18(16-20(17)26)27-25(31)30-14-12-29(13-15-30)24-19-6-2-4-8-22(19)32-23-9-5-3-7-21(23)28-24/h2-11,16H,12-15H2,1H3,(H,27,31). The minimum absolute atomic E-state index is 0.232. The summed E-state index contributed by atoms with van der Waals surface area (Å²) in [6.07, 6.45) is 0. The Balaban J connectivity index is 1.33. The maximum Gasteiger partial charge on any atom is 0.321 e. The SMILES string of the molecule is Cc1ccc(NC(=O)N2CCN(C3=Nc4ccccc4Oc4ccccc43)CC2)cc1F. The summed E-state index contributed by atoms with van der Waals surface area (Å²) in [6, 6.07) is 20.1. The molecule has 0 aromatic heterocycles. The number of urea groups is 1. The van der Waals surface area contributed by atoms with Crippen LogP contribution in [0, 0.1) is 12.7 Å². The van der Waals surface area contributed by atoms with Crippen molar-refractivity contribution in [2.45, 2.75) is 6.92 Å². The van der Waals surface area contributed by atoms with Crippen molar-refractivity contribution in [3.8, 4) is 11.5 Å². The second-order valence-electron chi connectivity index (χ2n) is 7.87. The van der Waals surface area contributed by atoms with Crippen molar-refractivity contribution < 1.29 is 13.9 Å². The van der Waals surface area contributed by atoms with Gasteiger partial charge in [-0.1, -0.05) is 30.3 Å². The lowest BCUT2D eigenvalue weighted by Gasteiger charge is -2.36. The molecule has 2 aliphatic rings. The maximum atomic E-state index is 13.8. The van der Waals surface area contributed by atoms with E-state index < -0.39 is 0 Å². The lowest BCUT2D eigenvalue weighted by atomic mass is 10.1. The predicted molar refractivity (Wildman–Crippen MR) is 122 cm³/mol. The molecule has 1 fully saturated rings. The Kier molecular flexibility index (Phi) is 5.23. The van der Waals surface area contributed by atoms with E-state index >= 15 is 0 Å². The third-order valence-electron chi connectivity index (χ3n) is 5.73.